The topological polar surface area (TPSA) is 30.5 Å². The third-order valence-corrected chi connectivity index (χ3v) is 4.14. The second-order valence-electron chi connectivity index (χ2n) is 5.64. The Bertz CT molecular complexity index is 626. The molecule has 2 aromatic rings. The van der Waals surface area contributed by atoms with Crippen LogP contribution in [0.3, 0.4) is 0 Å². The van der Waals surface area contributed by atoms with Gasteiger partial charge in [0.15, 0.2) is 11.5 Å². The summed E-state index contributed by atoms with van der Waals surface area (Å²) in [5, 5.41) is 3.29. The van der Waals surface area contributed by atoms with Crippen LogP contribution < -0.4 is 14.8 Å². The SMILES string of the molecule is CCOc1ccccc1O[C@@H]1c2ccccc2C[C@@H]1CNC. The summed E-state index contributed by atoms with van der Waals surface area (Å²) in [5.41, 5.74) is 2.69. The molecule has 2 atom stereocenters. The Morgan fingerprint density at radius 2 is 1.77 bits per heavy atom. The average Bonchev–Trinajstić information content (AvgIpc) is 2.88. The van der Waals surface area contributed by atoms with Crippen LogP contribution in [0.4, 0.5) is 0 Å². The summed E-state index contributed by atoms with van der Waals surface area (Å²) in [6.07, 6.45) is 1.13. The zero-order valence-corrected chi connectivity index (χ0v) is 13.2. The van der Waals surface area contributed by atoms with Crippen LogP contribution in [-0.2, 0) is 6.42 Å². The molecule has 0 radical (unpaired) electrons. The molecule has 3 nitrogen and oxygen atoms in total. The molecule has 0 fully saturated rings. The van der Waals surface area contributed by atoms with Gasteiger partial charge in [0, 0.05) is 12.5 Å². The number of benzene rings is 2. The van der Waals surface area contributed by atoms with Crippen molar-refractivity contribution in [3.05, 3.63) is 59.7 Å². The summed E-state index contributed by atoms with van der Waals surface area (Å²) >= 11 is 0. The van der Waals surface area contributed by atoms with E-state index in [0.29, 0.717) is 12.5 Å². The van der Waals surface area contributed by atoms with Crippen molar-refractivity contribution in [3.8, 4) is 11.5 Å². The van der Waals surface area contributed by atoms with E-state index < -0.39 is 0 Å². The van der Waals surface area contributed by atoms with Gasteiger partial charge in [0.1, 0.15) is 6.10 Å². The largest absolute Gasteiger partial charge is 0.490 e. The fourth-order valence-corrected chi connectivity index (χ4v) is 3.20. The number of hydrogen-bond donors (Lipinski definition) is 1. The van der Waals surface area contributed by atoms with E-state index in [4.69, 9.17) is 9.47 Å². The smallest absolute Gasteiger partial charge is 0.162 e. The molecule has 0 saturated carbocycles. The van der Waals surface area contributed by atoms with Crippen molar-refractivity contribution in [3.63, 3.8) is 0 Å². The van der Waals surface area contributed by atoms with Crippen molar-refractivity contribution >= 4 is 0 Å². The highest BCUT2D eigenvalue weighted by atomic mass is 16.5. The lowest BCUT2D eigenvalue weighted by Crippen LogP contribution is -2.25. The molecule has 1 aliphatic carbocycles. The van der Waals surface area contributed by atoms with Crippen molar-refractivity contribution in [1.82, 2.24) is 5.32 Å². The predicted molar refractivity (Wildman–Crippen MR) is 88.5 cm³/mol. The minimum absolute atomic E-state index is 0.0743. The Morgan fingerprint density at radius 1 is 1.05 bits per heavy atom. The van der Waals surface area contributed by atoms with Crippen LogP contribution >= 0.6 is 0 Å². The standard InChI is InChI=1S/C19H23NO2/c1-3-21-17-10-6-7-11-18(17)22-19-15(13-20-2)12-14-8-4-5-9-16(14)19/h4-11,15,19-20H,3,12-13H2,1-2H3/t15-,19+/m1/s1. The van der Waals surface area contributed by atoms with E-state index in [9.17, 15) is 0 Å². The first-order chi connectivity index (χ1) is 10.8. The molecule has 3 heteroatoms. The highest BCUT2D eigenvalue weighted by Gasteiger charge is 2.33. The normalized spacial score (nSPS) is 19.7. The van der Waals surface area contributed by atoms with Gasteiger partial charge in [-0.25, -0.2) is 0 Å². The van der Waals surface area contributed by atoms with E-state index in [2.05, 4.69) is 29.6 Å². The van der Waals surface area contributed by atoms with Crippen molar-refractivity contribution in [2.45, 2.75) is 19.4 Å². The number of hydrogen-bond acceptors (Lipinski definition) is 3. The third kappa shape index (κ3) is 2.95. The van der Waals surface area contributed by atoms with E-state index >= 15 is 0 Å². The lowest BCUT2D eigenvalue weighted by molar-refractivity contribution is 0.142. The molecule has 1 aliphatic rings. The number of rotatable bonds is 6. The van der Waals surface area contributed by atoms with E-state index in [1.807, 2.05) is 38.2 Å². The molecule has 1 N–H and O–H groups in total. The van der Waals surface area contributed by atoms with Gasteiger partial charge in [-0.05, 0) is 43.7 Å². The maximum atomic E-state index is 6.39. The molecule has 0 unspecified atom stereocenters. The van der Waals surface area contributed by atoms with Crippen LogP contribution in [0, 0.1) is 5.92 Å². The van der Waals surface area contributed by atoms with Crippen LogP contribution in [0.2, 0.25) is 0 Å². The highest BCUT2D eigenvalue weighted by Crippen LogP contribution is 2.41. The quantitative estimate of drug-likeness (QED) is 0.883. The zero-order chi connectivity index (χ0) is 15.4. The van der Waals surface area contributed by atoms with Crippen LogP contribution in [0.5, 0.6) is 11.5 Å². The minimum atomic E-state index is 0.0743. The Kier molecular flexibility index (Phi) is 4.64. The second-order valence-corrected chi connectivity index (χ2v) is 5.64. The maximum Gasteiger partial charge on any atom is 0.162 e. The van der Waals surface area contributed by atoms with E-state index in [1.54, 1.807) is 0 Å². The van der Waals surface area contributed by atoms with Gasteiger partial charge in [-0.15, -0.1) is 0 Å². The van der Waals surface area contributed by atoms with Crippen LogP contribution in [0.25, 0.3) is 0 Å². The molecular formula is C19H23NO2. The van der Waals surface area contributed by atoms with E-state index in [0.717, 1.165) is 24.5 Å². The van der Waals surface area contributed by atoms with Gasteiger partial charge in [0.2, 0.25) is 0 Å². The zero-order valence-electron chi connectivity index (χ0n) is 13.2. The van der Waals surface area contributed by atoms with Crippen molar-refractivity contribution < 1.29 is 9.47 Å². The third-order valence-electron chi connectivity index (χ3n) is 4.14. The molecule has 116 valence electrons. The summed E-state index contributed by atoms with van der Waals surface area (Å²) in [6.45, 7) is 3.57. The molecule has 2 aromatic carbocycles. The summed E-state index contributed by atoms with van der Waals surface area (Å²) < 4.78 is 12.1. The first-order valence-electron chi connectivity index (χ1n) is 7.94. The fraction of sp³-hybridized carbons (Fsp3) is 0.368. The van der Waals surface area contributed by atoms with Crippen molar-refractivity contribution in [2.24, 2.45) is 5.92 Å². The molecule has 0 spiro atoms. The lowest BCUT2D eigenvalue weighted by atomic mass is 10.0. The molecule has 0 aromatic heterocycles. The van der Waals surface area contributed by atoms with Gasteiger partial charge in [0.25, 0.3) is 0 Å². The molecule has 0 amide bonds. The summed E-state index contributed by atoms with van der Waals surface area (Å²) in [6, 6.07) is 16.5. The number of ether oxygens (including phenoxy) is 2. The van der Waals surface area contributed by atoms with Gasteiger partial charge in [-0.2, -0.15) is 0 Å². The first kappa shape index (κ1) is 14.9. The monoisotopic (exact) mass is 297 g/mol. The fourth-order valence-electron chi connectivity index (χ4n) is 3.20. The van der Waals surface area contributed by atoms with Gasteiger partial charge in [-0.1, -0.05) is 36.4 Å². The van der Waals surface area contributed by atoms with Gasteiger partial charge in [0.05, 0.1) is 6.61 Å². The van der Waals surface area contributed by atoms with E-state index in [-0.39, 0.29) is 6.10 Å². The van der Waals surface area contributed by atoms with Crippen molar-refractivity contribution in [2.75, 3.05) is 20.2 Å². The van der Waals surface area contributed by atoms with Crippen molar-refractivity contribution in [1.29, 1.82) is 0 Å². The first-order valence-corrected chi connectivity index (χ1v) is 7.94. The lowest BCUT2D eigenvalue weighted by Gasteiger charge is -2.23. The Labute approximate surface area is 132 Å². The second kappa shape index (κ2) is 6.84. The predicted octanol–water partition coefficient (Wildman–Crippen LogP) is 3.60. The molecule has 0 saturated heterocycles. The van der Waals surface area contributed by atoms with Crippen LogP contribution in [0.1, 0.15) is 24.2 Å². The summed E-state index contributed by atoms with van der Waals surface area (Å²) in [5.74, 6) is 2.09. The number of para-hydroxylation sites is 2. The number of fused-ring (bicyclic) bond motifs is 1. The molecule has 3 rings (SSSR count). The molecule has 0 bridgehead atoms. The molecule has 0 aliphatic heterocycles. The summed E-state index contributed by atoms with van der Waals surface area (Å²) in [7, 11) is 1.99. The highest BCUT2D eigenvalue weighted by molar-refractivity contribution is 5.42. The summed E-state index contributed by atoms with van der Waals surface area (Å²) in [4.78, 5) is 0. The van der Waals surface area contributed by atoms with E-state index in [1.165, 1.54) is 11.1 Å². The average molecular weight is 297 g/mol. The maximum absolute atomic E-state index is 6.39. The molecular weight excluding hydrogens is 274 g/mol. The Morgan fingerprint density at radius 3 is 2.55 bits per heavy atom. The Hall–Kier alpha value is -2.00. The van der Waals surface area contributed by atoms with Crippen LogP contribution in [-0.4, -0.2) is 20.2 Å². The molecule has 0 heterocycles. The van der Waals surface area contributed by atoms with Gasteiger partial charge in [-0.3, -0.25) is 0 Å². The number of nitrogens with one attached hydrogen (secondary N) is 1. The Balaban J connectivity index is 1.89. The molecule has 22 heavy (non-hydrogen) atoms. The van der Waals surface area contributed by atoms with Crippen LogP contribution in [0.15, 0.2) is 48.5 Å². The van der Waals surface area contributed by atoms with Gasteiger partial charge >= 0.3 is 0 Å². The van der Waals surface area contributed by atoms with Gasteiger partial charge < -0.3 is 14.8 Å². The minimum Gasteiger partial charge on any atom is -0.490 e.